The van der Waals surface area contributed by atoms with Gasteiger partial charge in [0.1, 0.15) is 16.9 Å². The third-order valence-electron chi connectivity index (χ3n) is 3.95. The summed E-state index contributed by atoms with van der Waals surface area (Å²) in [6, 6.07) is 7.60. The number of hydrogen-bond acceptors (Lipinski definition) is 3. The SMILES string of the molecule is C[C@H]1CCc2sc(NC(=O)c3ccc(F)cc3)c(C#N)c2C1. The predicted molar refractivity (Wildman–Crippen MR) is 84.6 cm³/mol. The van der Waals surface area contributed by atoms with Crippen molar-refractivity contribution in [2.75, 3.05) is 5.32 Å². The fourth-order valence-electron chi connectivity index (χ4n) is 2.74. The van der Waals surface area contributed by atoms with Crippen molar-refractivity contribution in [3.05, 3.63) is 51.7 Å². The van der Waals surface area contributed by atoms with E-state index in [1.54, 1.807) is 0 Å². The molecule has 1 heterocycles. The van der Waals surface area contributed by atoms with E-state index in [-0.39, 0.29) is 11.7 Å². The standard InChI is InChI=1S/C17H15FN2OS/c1-10-2-7-15-13(8-10)14(9-19)17(22-15)20-16(21)11-3-5-12(18)6-4-11/h3-6,10H,2,7-8H2,1H3,(H,20,21)/t10-/m0/s1. The zero-order valence-electron chi connectivity index (χ0n) is 12.1. The minimum Gasteiger partial charge on any atom is -0.312 e. The first-order valence-electron chi connectivity index (χ1n) is 7.20. The molecule has 1 amide bonds. The van der Waals surface area contributed by atoms with Crippen LogP contribution < -0.4 is 5.32 Å². The minimum absolute atomic E-state index is 0.317. The number of nitriles is 1. The van der Waals surface area contributed by atoms with Crippen molar-refractivity contribution in [2.24, 2.45) is 5.92 Å². The van der Waals surface area contributed by atoms with Crippen LogP contribution in [0.3, 0.4) is 0 Å². The van der Waals surface area contributed by atoms with Gasteiger partial charge >= 0.3 is 0 Å². The molecule has 1 aromatic heterocycles. The van der Waals surface area contributed by atoms with E-state index in [2.05, 4.69) is 18.3 Å². The van der Waals surface area contributed by atoms with Crippen molar-refractivity contribution in [1.29, 1.82) is 5.26 Å². The van der Waals surface area contributed by atoms with Gasteiger partial charge < -0.3 is 5.32 Å². The van der Waals surface area contributed by atoms with E-state index in [0.29, 0.717) is 22.0 Å². The number of carbonyl (C=O) groups is 1. The van der Waals surface area contributed by atoms with E-state index in [1.165, 1.54) is 40.5 Å². The summed E-state index contributed by atoms with van der Waals surface area (Å²) in [6.07, 6.45) is 2.97. The van der Waals surface area contributed by atoms with Crippen molar-refractivity contribution < 1.29 is 9.18 Å². The maximum absolute atomic E-state index is 12.9. The monoisotopic (exact) mass is 314 g/mol. The van der Waals surface area contributed by atoms with Gasteiger partial charge in [-0.1, -0.05) is 6.92 Å². The van der Waals surface area contributed by atoms with Crippen LogP contribution >= 0.6 is 11.3 Å². The summed E-state index contributed by atoms with van der Waals surface area (Å²) < 4.78 is 12.9. The topological polar surface area (TPSA) is 52.9 Å². The van der Waals surface area contributed by atoms with E-state index in [1.807, 2.05) is 0 Å². The van der Waals surface area contributed by atoms with Gasteiger partial charge in [-0.2, -0.15) is 5.26 Å². The number of nitrogens with zero attached hydrogens (tertiary/aromatic N) is 1. The van der Waals surface area contributed by atoms with Crippen LogP contribution in [0.1, 0.15) is 39.7 Å². The lowest BCUT2D eigenvalue weighted by Gasteiger charge is -2.17. The summed E-state index contributed by atoms with van der Waals surface area (Å²) in [5, 5.41) is 12.8. The summed E-state index contributed by atoms with van der Waals surface area (Å²) in [7, 11) is 0. The van der Waals surface area contributed by atoms with Gasteiger partial charge in [-0.15, -0.1) is 11.3 Å². The predicted octanol–water partition coefficient (Wildman–Crippen LogP) is 4.14. The van der Waals surface area contributed by atoms with Gasteiger partial charge in [0.15, 0.2) is 0 Å². The van der Waals surface area contributed by atoms with Gasteiger partial charge in [0.25, 0.3) is 5.91 Å². The van der Waals surface area contributed by atoms with Crippen molar-refractivity contribution in [3.63, 3.8) is 0 Å². The zero-order chi connectivity index (χ0) is 15.7. The number of nitrogens with one attached hydrogen (secondary N) is 1. The number of fused-ring (bicyclic) bond motifs is 1. The fourth-order valence-corrected chi connectivity index (χ4v) is 3.93. The Kier molecular flexibility index (Phi) is 3.95. The molecule has 0 saturated carbocycles. The first-order valence-corrected chi connectivity index (χ1v) is 8.01. The Morgan fingerprint density at radius 2 is 2.14 bits per heavy atom. The Bertz CT molecular complexity index is 758. The number of amides is 1. The number of benzene rings is 1. The molecule has 0 radical (unpaired) electrons. The molecule has 1 N–H and O–H groups in total. The zero-order valence-corrected chi connectivity index (χ0v) is 13.0. The highest BCUT2D eigenvalue weighted by Gasteiger charge is 2.24. The molecule has 5 heteroatoms. The van der Waals surface area contributed by atoms with Gasteiger partial charge in [-0.3, -0.25) is 4.79 Å². The molecule has 1 aromatic carbocycles. The molecule has 1 atom stereocenters. The molecule has 3 rings (SSSR count). The molecule has 0 unspecified atom stereocenters. The summed E-state index contributed by atoms with van der Waals surface area (Å²) in [4.78, 5) is 13.4. The van der Waals surface area contributed by atoms with Crippen LogP contribution in [0.4, 0.5) is 9.39 Å². The Morgan fingerprint density at radius 3 is 2.82 bits per heavy atom. The lowest BCUT2D eigenvalue weighted by atomic mass is 9.88. The number of rotatable bonds is 2. The first-order chi connectivity index (χ1) is 10.6. The third kappa shape index (κ3) is 2.75. The second kappa shape index (κ2) is 5.90. The normalized spacial score (nSPS) is 16.7. The van der Waals surface area contributed by atoms with E-state index in [9.17, 15) is 14.4 Å². The molecule has 0 spiro atoms. The minimum atomic E-state index is -0.380. The van der Waals surface area contributed by atoms with Crippen LogP contribution in [-0.2, 0) is 12.8 Å². The van der Waals surface area contributed by atoms with E-state index < -0.39 is 0 Å². The number of hydrogen-bond donors (Lipinski definition) is 1. The lowest BCUT2D eigenvalue weighted by Crippen LogP contribution is -2.12. The fraction of sp³-hybridized carbons (Fsp3) is 0.294. The highest BCUT2D eigenvalue weighted by Crippen LogP contribution is 2.39. The van der Waals surface area contributed by atoms with Gasteiger partial charge in [-0.05, 0) is 55.0 Å². The van der Waals surface area contributed by atoms with Crippen molar-refractivity contribution >= 4 is 22.2 Å². The Labute approximate surface area is 132 Å². The van der Waals surface area contributed by atoms with Gasteiger partial charge in [0, 0.05) is 10.4 Å². The smallest absolute Gasteiger partial charge is 0.256 e. The summed E-state index contributed by atoms with van der Waals surface area (Å²) >= 11 is 1.49. The molecule has 3 nitrogen and oxygen atoms in total. The molecular weight excluding hydrogens is 299 g/mol. The van der Waals surface area contributed by atoms with Gasteiger partial charge in [-0.25, -0.2) is 4.39 Å². The third-order valence-corrected chi connectivity index (χ3v) is 5.16. The average molecular weight is 314 g/mol. The van der Waals surface area contributed by atoms with Gasteiger partial charge in [0.2, 0.25) is 0 Å². The maximum Gasteiger partial charge on any atom is 0.256 e. The maximum atomic E-state index is 12.9. The second-order valence-electron chi connectivity index (χ2n) is 5.63. The Balaban J connectivity index is 1.88. The average Bonchev–Trinajstić information content (AvgIpc) is 2.84. The molecule has 22 heavy (non-hydrogen) atoms. The van der Waals surface area contributed by atoms with Gasteiger partial charge in [0.05, 0.1) is 5.56 Å². The number of aryl methyl sites for hydroxylation is 1. The molecule has 1 aliphatic carbocycles. The molecule has 0 aliphatic heterocycles. The van der Waals surface area contributed by atoms with Crippen molar-refractivity contribution in [3.8, 4) is 6.07 Å². The molecular formula is C17H15FN2OS. The molecule has 0 saturated heterocycles. The quantitative estimate of drug-likeness (QED) is 0.906. The van der Waals surface area contributed by atoms with E-state index >= 15 is 0 Å². The van der Waals surface area contributed by atoms with Crippen LogP contribution in [0.15, 0.2) is 24.3 Å². The van der Waals surface area contributed by atoms with E-state index in [0.717, 1.165) is 24.8 Å². The largest absolute Gasteiger partial charge is 0.312 e. The van der Waals surface area contributed by atoms with Crippen molar-refractivity contribution in [2.45, 2.75) is 26.2 Å². The Hall–Kier alpha value is -2.19. The Morgan fingerprint density at radius 1 is 1.41 bits per heavy atom. The molecule has 0 fully saturated rings. The second-order valence-corrected chi connectivity index (χ2v) is 6.73. The summed E-state index contributed by atoms with van der Waals surface area (Å²) in [6.45, 7) is 2.18. The van der Waals surface area contributed by atoms with Crippen LogP contribution in [0.2, 0.25) is 0 Å². The van der Waals surface area contributed by atoms with Crippen molar-refractivity contribution in [1.82, 2.24) is 0 Å². The summed E-state index contributed by atoms with van der Waals surface area (Å²) in [5.41, 5.74) is 2.05. The van der Waals surface area contributed by atoms with Crippen LogP contribution in [-0.4, -0.2) is 5.91 Å². The first kappa shape index (κ1) is 14.7. The molecule has 0 bridgehead atoms. The summed E-state index contributed by atoms with van der Waals surface area (Å²) in [5.74, 6) is -0.132. The number of carbonyl (C=O) groups excluding carboxylic acids is 1. The van der Waals surface area contributed by atoms with Crippen LogP contribution in [0, 0.1) is 23.1 Å². The lowest BCUT2D eigenvalue weighted by molar-refractivity contribution is 0.102. The highest BCUT2D eigenvalue weighted by molar-refractivity contribution is 7.16. The highest BCUT2D eigenvalue weighted by atomic mass is 32.1. The van der Waals surface area contributed by atoms with E-state index in [4.69, 9.17) is 0 Å². The van der Waals surface area contributed by atoms with Crippen LogP contribution in [0.25, 0.3) is 0 Å². The number of anilines is 1. The number of thiophene rings is 1. The number of halogens is 1. The molecule has 1 aliphatic rings. The van der Waals surface area contributed by atoms with Crippen LogP contribution in [0.5, 0.6) is 0 Å². The molecule has 112 valence electrons. The molecule has 2 aromatic rings.